The second-order valence-corrected chi connectivity index (χ2v) is 3.82. The van der Waals surface area contributed by atoms with Gasteiger partial charge in [-0.1, -0.05) is 6.92 Å². The van der Waals surface area contributed by atoms with Gasteiger partial charge >= 0.3 is 5.97 Å². The molecule has 1 aromatic heterocycles. The van der Waals surface area contributed by atoms with E-state index in [9.17, 15) is 9.90 Å². The van der Waals surface area contributed by atoms with Crippen LogP contribution in [0.2, 0.25) is 0 Å². The number of carbonyl (C=O) groups is 1. The van der Waals surface area contributed by atoms with Crippen LogP contribution in [0.1, 0.15) is 31.7 Å². The third kappa shape index (κ3) is 3.70. The van der Waals surface area contributed by atoms with Gasteiger partial charge in [0, 0.05) is 5.69 Å². The molecule has 0 spiro atoms. The molecule has 0 aromatic carbocycles. The summed E-state index contributed by atoms with van der Waals surface area (Å²) < 4.78 is 10.5. The number of esters is 1. The van der Waals surface area contributed by atoms with Crippen LogP contribution in [0.15, 0.2) is 12.1 Å². The molecule has 0 bridgehead atoms. The molecule has 0 saturated carbocycles. The Labute approximate surface area is 107 Å². The SMILES string of the molecule is CCOC(=O)C(CC)Oc1ccc(C)nc1CO. The highest BCUT2D eigenvalue weighted by Gasteiger charge is 2.21. The van der Waals surface area contributed by atoms with Crippen LogP contribution in [0.4, 0.5) is 0 Å². The Morgan fingerprint density at radius 1 is 1.44 bits per heavy atom. The van der Waals surface area contributed by atoms with E-state index >= 15 is 0 Å². The van der Waals surface area contributed by atoms with E-state index in [1.165, 1.54) is 0 Å². The lowest BCUT2D eigenvalue weighted by atomic mass is 10.2. The molecule has 1 atom stereocenters. The topological polar surface area (TPSA) is 68.7 Å². The van der Waals surface area contributed by atoms with Gasteiger partial charge in [-0.2, -0.15) is 0 Å². The number of aryl methyl sites for hydroxylation is 1. The van der Waals surface area contributed by atoms with Crippen molar-refractivity contribution < 1.29 is 19.4 Å². The summed E-state index contributed by atoms with van der Waals surface area (Å²) >= 11 is 0. The molecule has 5 heteroatoms. The van der Waals surface area contributed by atoms with Gasteiger partial charge in [0.15, 0.2) is 6.10 Å². The molecule has 1 rings (SSSR count). The summed E-state index contributed by atoms with van der Waals surface area (Å²) in [7, 11) is 0. The van der Waals surface area contributed by atoms with Crippen LogP contribution in [0, 0.1) is 6.92 Å². The second kappa shape index (κ2) is 6.96. The van der Waals surface area contributed by atoms with Crippen molar-refractivity contribution in [1.82, 2.24) is 4.98 Å². The zero-order valence-electron chi connectivity index (χ0n) is 11.0. The second-order valence-electron chi connectivity index (χ2n) is 3.82. The largest absolute Gasteiger partial charge is 0.477 e. The van der Waals surface area contributed by atoms with Gasteiger partial charge in [0.25, 0.3) is 0 Å². The minimum Gasteiger partial charge on any atom is -0.477 e. The predicted octanol–water partition coefficient (Wildman–Crippen LogP) is 1.60. The molecule has 1 aromatic rings. The Bertz CT molecular complexity index is 406. The minimum absolute atomic E-state index is 0.226. The highest BCUT2D eigenvalue weighted by molar-refractivity contribution is 5.75. The van der Waals surface area contributed by atoms with Gasteiger partial charge < -0.3 is 14.6 Å². The lowest BCUT2D eigenvalue weighted by molar-refractivity contribution is -0.151. The van der Waals surface area contributed by atoms with E-state index in [2.05, 4.69) is 4.98 Å². The van der Waals surface area contributed by atoms with Crippen molar-refractivity contribution in [3.8, 4) is 5.75 Å². The molecule has 0 aliphatic heterocycles. The first-order valence-electron chi connectivity index (χ1n) is 6.03. The molecule has 100 valence electrons. The maximum atomic E-state index is 11.6. The monoisotopic (exact) mass is 253 g/mol. The summed E-state index contributed by atoms with van der Waals surface area (Å²) in [5.74, 6) is 0.0208. The molecule has 5 nitrogen and oxygen atoms in total. The highest BCUT2D eigenvalue weighted by atomic mass is 16.6. The van der Waals surface area contributed by atoms with E-state index in [1.54, 1.807) is 19.1 Å². The maximum Gasteiger partial charge on any atom is 0.347 e. The average molecular weight is 253 g/mol. The van der Waals surface area contributed by atoms with Gasteiger partial charge in [-0.15, -0.1) is 0 Å². The zero-order valence-corrected chi connectivity index (χ0v) is 11.0. The van der Waals surface area contributed by atoms with Crippen LogP contribution in [0.25, 0.3) is 0 Å². The van der Waals surface area contributed by atoms with E-state index in [1.807, 2.05) is 13.8 Å². The highest BCUT2D eigenvalue weighted by Crippen LogP contribution is 2.19. The van der Waals surface area contributed by atoms with E-state index < -0.39 is 12.1 Å². The molecule has 0 amide bonds. The Hall–Kier alpha value is -1.62. The number of aromatic nitrogens is 1. The number of pyridine rings is 1. The third-order valence-electron chi connectivity index (χ3n) is 2.41. The maximum absolute atomic E-state index is 11.6. The fourth-order valence-electron chi connectivity index (χ4n) is 1.50. The zero-order chi connectivity index (χ0) is 13.5. The molecular weight excluding hydrogens is 234 g/mol. The first-order chi connectivity index (χ1) is 8.62. The van der Waals surface area contributed by atoms with Gasteiger partial charge in [-0.05, 0) is 32.4 Å². The Kier molecular flexibility index (Phi) is 5.58. The predicted molar refractivity (Wildman–Crippen MR) is 66.2 cm³/mol. The van der Waals surface area contributed by atoms with Crippen molar-refractivity contribution in [2.75, 3.05) is 6.61 Å². The minimum atomic E-state index is -0.667. The number of hydrogen-bond donors (Lipinski definition) is 1. The van der Waals surface area contributed by atoms with Crippen LogP contribution in [0.3, 0.4) is 0 Å². The van der Waals surface area contributed by atoms with Crippen molar-refractivity contribution in [2.45, 2.75) is 39.9 Å². The average Bonchev–Trinajstić information content (AvgIpc) is 2.37. The van der Waals surface area contributed by atoms with Crippen LogP contribution < -0.4 is 4.74 Å². The fourth-order valence-corrected chi connectivity index (χ4v) is 1.50. The van der Waals surface area contributed by atoms with Crippen LogP contribution in [-0.4, -0.2) is 28.8 Å². The Morgan fingerprint density at radius 3 is 2.72 bits per heavy atom. The summed E-state index contributed by atoms with van der Waals surface area (Å²) in [6.07, 6.45) is -0.169. The van der Waals surface area contributed by atoms with Crippen molar-refractivity contribution >= 4 is 5.97 Å². The summed E-state index contributed by atoms with van der Waals surface area (Å²) in [6.45, 7) is 5.50. The fraction of sp³-hybridized carbons (Fsp3) is 0.538. The smallest absolute Gasteiger partial charge is 0.347 e. The number of aliphatic hydroxyl groups excluding tert-OH is 1. The van der Waals surface area contributed by atoms with Gasteiger partial charge in [-0.3, -0.25) is 4.98 Å². The van der Waals surface area contributed by atoms with E-state index in [0.717, 1.165) is 5.69 Å². The number of ether oxygens (including phenoxy) is 2. The number of nitrogens with zero attached hydrogens (tertiary/aromatic N) is 1. The standard InChI is InChI=1S/C13H19NO4/c1-4-11(13(16)17-5-2)18-12-7-6-9(3)14-10(12)8-15/h6-7,11,15H,4-5,8H2,1-3H3. The molecular formula is C13H19NO4. The number of rotatable bonds is 6. The summed E-state index contributed by atoms with van der Waals surface area (Å²) in [5.41, 5.74) is 1.22. The summed E-state index contributed by atoms with van der Waals surface area (Å²) in [6, 6.07) is 3.47. The third-order valence-corrected chi connectivity index (χ3v) is 2.41. The van der Waals surface area contributed by atoms with E-state index in [-0.39, 0.29) is 6.61 Å². The molecule has 0 aliphatic rings. The van der Waals surface area contributed by atoms with Crippen LogP contribution >= 0.6 is 0 Å². The first kappa shape index (κ1) is 14.4. The van der Waals surface area contributed by atoms with Gasteiger partial charge in [0.2, 0.25) is 0 Å². The van der Waals surface area contributed by atoms with Gasteiger partial charge in [0.1, 0.15) is 11.4 Å². The van der Waals surface area contributed by atoms with E-state index in [0.29, 0.717) is 24.5 Å². The van der Waals surface area contributed by atoms with Crippen LogP contribution in [0.5, 0.6) is 5.75 Å². The lowest BCUT2D eigenvalue weighted by Gasteiger charge is -2.17. The van der Waals surface area contributed by atoms with Gasteiger partial charge in [-0.25, -0.2) is 4.79 Å². The molecule has 0 saturated heterocycles. The quantitative estimate of drug-likeness (QED) is 0.780. The Balaban J connectivity index is 2.84. The van der Waals surface area contributed by atoms with Crippen LogP contribution in [-0.2, 0) is 16.1 Å². The summed E-state index contributed by atoms with van der Waals surface area (Å²) in [5, 5.41) is 9.21. The molecule has 0 fully saturated rings. The van der Waals surface area contributed by atoms with Gasteiger partial charge in [0.05, 0.1) is 13.2 Å². The van der Waals surface area contributed by atoms with Crippen molar-refractivity contribution in [2.24, 2.45) is 0 Å². The summed E-state index contributed by atoms with van der Waals surface area (Å²) in [4.78, 5) is 15.8. The molecule has 18 heavy (non-hydrogen) atoms. The van der Waals surface area contributed by atoms with Crippen molar-refractivity contribution in [3.63, 3.8) is 0 Å². The van der Waals surface area contributed by atoms with Crippen molar-refractivity contribution in [1.29, 1.82) is 0 Å². The molecule has 0 aliphatic carbocycles. The molecule has 1 unspecified atom stereocenters. The van der Waals surface area contributed by atoms with E-state index in [4.69, 9.17) is 9.47 Å². The Morgan fingerprint density at radius 2 is 2.17 bits per heavy atom. The van der Waals surface area contributed by atoms with Crippen molar-refractivity contribution in [3.05, 3.63) is 23.5 Å². The number of carbonyl (C=O) groups excluding carboxylic acids is 1. The normalized spacial score (nSPS) is 12.0. The number of hydrogen-bond acceptors (Lipinski definition) is 5. The number of aliphatic hydroxyl groups is 1. The lowest BCUT2D eigenvalue weighted by Crippen LogP contribution is -2.29. The molecule has 1 N–H and O–H groups in total. The molecule has 1 heterocycles. The first-order valence-corrected chi connectivity index (χ1v) is 6.03. The molecule has 0 radical (unpaired) electrons.